The summed E-state index contributed by atoms with van der Waals surface area (Å²) in [4.78, 5) is 9.50. The van der Waals surface area contributed by atoms with Crippen LogP contribution in [0, 0.1) is 0 Å². The van der Waals surface area contributed by atoms with Gasteiger partial charge in [0.15, 0.2) is 5.16 Å². The standard InChI is InChI=1S/C12H14N4S2/c13-9-1-3-11(4-2-9)17-5-6-18-12-15-7-10(14)8-16-12/h1-4,7-8H,5-6,13-14H2. The van der Waals surface area contributed by atoms with Gasteiger partial charge in [-0.3, -0.25) is 0 Å². The topological polar surface area (TPSA) is 77.8 Å². The molecule has 0 atom stereocenters. The minimum atomic E-state index is 0.593. The average molecular weight is 278 g/mol. The molecule has 6 heteroatoms. The molecule has 4 nitrogen and oxygen atoms in total. The smallest absolute Gasteiger partial charge is 0.187 e. The minimum absolute atomic E-state index is 0.593. The first-order chi connectivity index (χ1) is 8.74. The molecule has 0 spiro atoms. The zero-order valence-corrected chi connectivity index (χ0v) is 11.4. The van der Waals surface area contributed by atoms with E-state index in [2.05, 4.69) is 9.97 Å². The Kier molecular flexibility index (Phi) is 4.72. The third-order valence-corrected chi connectivity index (χ3v) is 4.26. The number of aromatic nitrogens is 2. The predicted octanol–water partition coefficient (Wildman–Crippen LogP) is 2.53. The Morgan fingerprint density at radius 3 is 2.11 bits per heavy atom. The third-order valence-electron chi connectivity index (χ3n) is 2.11. The van der Waals surface area contributed by atoms with Crippen LogP contribution in [0.25, 0.3) is 0 Å². The van der Waals surface area contributed by atoms with Crippen LogP contribution in [0.15, 0.2) is 46.7 Å². The maximum Gasteiger partial charge on any atom is 0.187 e. The van der Waals surface area contributed by atoms with Gasteiger partial charge in [0.2, 0.25) is 0 Å². The number of nitrogens with two attached hydrogens (primary N) is 2. The molecule has 0 bridgehead atoms. The number of benzene rings is 1. The van der Waals surface area contributed by atoms with E-state index < -0.39 is 0 Å². The van der Waals surface area contributed by atoms with Gasteiger partial charge in [-0.15, -0.1) is 11.8 Å². The Hall–Kier alpha value is -1.40. The zero-order valence-electron chi connectivity index (χ0n) is 9.74. The molecule has 2 rings (SSSR count). The fraction of sp³-hybridized carbons (Fsp3) is 0.167. The lowest BCUT2D eigenvalue weighted by Gasteiger charge is -2.02. The summed E-state index contributed by atoms with van der Waals surface area (Å²) in [6.07, 6.45) is 3.25. The van der Waals surface area contributed by atoms with Crippen LogP contribution in [-0.2, 0) is 0 Å². The number of hydrogen-bond acceptors (Lipinski definition) is 6. The lowest BCUT2D eigenvalue weighted by Crippen LogP contribution is -1.92. The normalized spacial score (nSPS) is 10.4. The van der Waals surface area contributed by atoms with Crippen LogP contribution < -0.4 is 11.5 Å². The van der Waals surface area contributed by atoms with E-state index in [1.807, 2.05) is 24.3 Å². The van der Waals surface area contributed by atoms with Crippen molar-refractivity contribution in [2.75, 3.05) is 23.0 Å². The number of thioether (sulfide) groups is 2. The Labute approximate surface area is 115 Å². The van der Waals surface area contributed by atoms with Crippen LogP contribution in [0.2, 0.25) is 0 Å². The average Bonchev–Trinajstić information content (AvgIpc) is 2.39. The van der Waals surface area contributed by atoms with Crippen LogP contribution in [-0.4, -0.2) is 21.5 Å². The van der Waals surface area contributed by atoms with Crippen LogP contribution in [0.1, 0.15) is 0 Å². The van der Waals surface area contributed by atoms with Crippen LogP contribution >= 0.6 is 23.5 Å². The molecule has 94 valence electrons. The predicted molar refractivity (Wildman–Crippen MR) is 78.7 cm³/mol. The Bertz CT molecular complexity index is 437. The molecule has 0 fully saturated rings. The van der Waals surface area contributed by atoms with Crippen molar-refractivity contribution in [3.05, 3.63) is 36.7 Å². The summed E-state index contributed by atoms with van der Waals surface area (Å²) in [6, 6.07) is 7.89. The molecule has 0 saturated heterocycles. The van der Waals surface area contributed by atoms with Crippen LogP contribution in [0.4, 0.5) is 11.4 Å². The van der Waals surface area contributed by atoms with Gasteiger partial charge in [-0.2, -0.15) is 0 Å². The molecule has 0 aliphatic carbocycles. The molecule has 1 heterocycles. The van der Waals surface area contributed by atoms with Crippen molar-refractivity contribution in [2.45, 2.75) is 10.1 Å². The van der Waals surface area contributed by atoms with Gasteiger partial charge in [-0.25, -0.2) is 9.97 Å². The molecule has 18 heavy (non-hydrogen) atoms. The van der Waals surface area contributed by atoms with E-state index in [0.717, 1.165) is 22.3 Å². The first-order valence-electron chi connectivity index (χ1n) is 5.43. The van der Waals surface area contributed by atoms with Gasteiger partial charge in [-0.05, 0) is 24.3 Å². The van der Waals surface area contributed by atoms with Crippen molar-refractivity contribution < 1.29 is 0 Å². The van der Waals surface area contributed by atoms with Gasteiger partial charge in [0.05, 0.1) is 18.1 Å². The summed E-state index contributed by atoms with van der Waals surface area (Å²) in [5, 5.41) is 0.766. The van der Waals surface area contributed by atoms with Gasteiger partial charge < -0.3 is 11.5 Å². The van der Waals surface area contributed by atoms with E-state index in [1.54, 1.807) is 35.9 Å². The maximum atomic E-state index is 5.63. The van der Waals surface area contributed by atoms with E-state index in [0.29, 0.717) is 5.69 Å². The van der Waals surface area contributed by atoms with Gasteiger partial charge in [-0.1, -0.05) is 11.8 Å². The molecule has 1 aromatic heterocycles. The monoisotopic (exact) mass is 278 g/mol. The largest absolute Gasteiger partial charge is 0.399 e. The van der Waals surface area contributed by atoms with Gasteiger partial charge >= 0.3 is 0 Å². The van der Waals surface area contributed by atoms with E-state index in [4.69, 9.17) is 11.5 Å². The van der Waals surface area contributed by atoms with Crippen molar-refractivity contribution >= 4 is 34.9 Å². The molecular formula is C12H14N4S2. The van der Waals surface area contributed by atoms with Gasteiger partial charge in [0.1, 0.15) is 0 Å². The second kappa shape index (κ2) is 6.51. The summed E-state index contributed by atoms with van der Waals surface area (Å²) in [6.45, 7) is 0. The Morgan fingerprint density at radius 2 is 1.44 bits per heavy atom. The van der Waals surface area contributed by atoms with Crippen molar-refractivity contribution in [1.29, 1.82) is 0 Å². The number of nitrogens with zero attached hydrogens (tertiary/aromatic N) is 2. The molecule has 0 radical (unpaired) electrons. The van der Waals surface area contributed by atoms with Crippen molar-refractivity contribution in [1.82, 2.24) is 9.97 Å². The summed E-state index contributed by atoms with van der Waals surface area (Å²) in [5.41, 5.74) is 12.5. The van der Waals surface area contributed by atoms with E-state index in [1.165, 1.54) is 4.90 Å². The highest BCUT2D eigenvalue weighted by molar-refractivity contribution is 8.02. The van der Waals surface area contributed by atoms with Crippen LogP contribution in [0.5, 0.6) is 0 Å². The molecule has 0 amide bonds. The van der Waals surface area contributed by atoms with E-state index >= 15 is 0 Å². The van der Waals surface area contributed by atoms with E-state index in [-0.39, 0.29) is 0 Å². The fourth-order valence-electron chi connectivity index (χ4n) is 1.26. The lowest BCUT2D eigenvalue weighted by atomic mass is 10.3. The minimum Gasteiger partial charge on any atom is -0.399 e. The highest BCUT2D eigenvalue weighted by Crippen LogP contribution is 2.22. The molecule has 0 unspecified atom stereocenters. The summed E-state index contributed by atoms with van der Waals surface area (Å²) >= 11 is 3.42. The first kappa shape index (κ1) is 13.0. The number of nitrogen functional groups attached to an aromatic ring is 2. The fourth-order valence-corrected chi connectivity index (χ4v) is 2.93. The number of anilines is 2. The first-order valence-corrected chi connectivity index (χ1v) is 7.40. The number of rotatable bonds is 5. The molecule has 0 aliphatic rings. The highest BCUT2D eigenvalue weighted by Gasteiger charge is 1.98. The van der Waals surface area contributed by atoms with E-state index in [9.17, 15) is 0 Å². The van der Waals surface area contributed by atoms with Crippen LogP contribution in [0.3, 0.4) is 0 Å². The molecule has 0 saturated carbocycles. The summed E-state index contributed by atoms with van der Waals surface area (Å²) in [5.74, 6) is 1.96. The number of hydrogen-bond donors (Lipinski definition) is 2. The second-order valence-electron chi connectivity index (χ2n) is 3.56. The Morgan fingerprint density at radius 1 is 0.833 bits per heavy atom. The molecular weight excluding hydrogens is 264 g/mol. The second-order valence-corrected chi connectivity index (χ2v) is 5.80. The summed E-state index contributed by atoms with van der Waals surface area (Å²) < 4.78 is 0. The van der Waals surface area contributed by atoms with Crippen molar-refractivity contribution in [3.8, 4) is 0 Å². The quantitative estimate of drug-likeness (QED) is 0.379. The SMILES string of the molecule is Nc1ccc(SCCSc2ncc(N)cn2)cc1. The van der Waals surface area contributed by atoms with Crippen molar-refractivity contribution in [3.63, 3.8) is 0 Å². The lowest BCUT2D eigenvalue weighted by molar-refractivity contribution is 0.972. The maximum absolute atomic E-state index is 5.63. The zero-order chi connectivity index (χ0) is 12.8. The summed E-state index contributed by atoms with van der Waals surface area (Å²) in [7, 11) is 0. The molecule has 1 aromatic carbocycles. The van der Waals surface area contributed by atoms with Crippen molar-refractivity contribution in [2.24, 2.45) is 0 Å². The third kappa shape index (κ3) is 4.12. The Balaban J connectivity index is 1.73. The van der Waals surface area contributed by atoms with Gasteiger partial charge in [0.25, 0.3) is 0 Å². The molecule has 0 aliphatic heterocycles. The van der Waals surface area contributed by atoms with Gasteiger partial charge in [0, 0.05) is 22.1 Å². The highest BCUT2D eigenvalue weighted by atomic mass is 32.2. The molecule has 4 N–H and O–H groups in total. The molecule has 2 aromatic rings.